The minimum absolute atomic E-state index is 0.890. The first kappa shape index (κ1) is 12.5. The average Bonchev–Trinajstić information content (AvgIpc) is 2.84. The molecule has 18 heavy (non-hydrogen) atoms. The van der Waals surface area contributed by atoms with Crippen LogP contribution in [-0.2, 0) is 6.54 Å². The SMILES string of the molecule is CCCCn1ncnc1-c1ccc(N(C)C)nc1. The summed E-state index contributed by atoms with van der Waals surface area (Å²) in [6.45, 7) is 3.07. The molecule has 0 aliphatic heterocycles. The average molecular weight is 245 g/mol. The van der Waals surface area contributed by atoms with Crippen molar-refractivity contribution in [2.75, 3.05) is 19.0 Å². The van der Waals surface area contributed by atoms with Crippen LogP contribution < -0.4 is 4.90 Å². The van der Waals surface area contributed by atoms with Crippen LogP contribution >= 0.6 is 0 Å². The van der Waals surface area contributed by atoms with Crippen LogP contribution in [0.3, 0.4) is 0 Å². The Hall–Kier alpha value is -1.91. The van der Waals surface area contributed by atoms with E-state index in [4.69, 9.17) is 0 Å². The third-order valence-corrected chi connectivity index (χ3v) is 2.80. The molecule has 0 aliphatic carbocycles. The van der Waals surface area contributed by atoms with E-state index in [9.17, 15) is 0 Å². The lowest BCUT2D eigenvalue weighted by molar-refractivity contribution is 0.576. The van der Waals surface area contributed by atoms with Gasteiger partial charge in [0.05, 0.1) is 0 Å². The molecule has 0 bridgehead atoms. The standard InChI is InChI=1S/C13H19N5/c1-4-5-8-18-13(15-10-16-18)11-6-7-12(14-9-11)17(2)3/h6-7,9-10H,4-5,8H2,1-3H3. The van der Waals surface area contributed by atoms with Gasteiger partial charge in [-0.25, -0.2) is 14.6 Å². The van der Waals surface area contributed by atoms with Gasteiger partial charge in [0.25, 0.3) is 0 Å². The van der Waals surface area contributed by atoms with Crippen LogP contribution in [0.5, 0.6) is 0 Å². The van der Waals surface area contributed by atoms with Crippen LogP contribution in [0.25, 0.3) is 11.4 Å². The van der Waals surface area contributed by atoms with Gasteiger partial charge in [-0.2, -0.15) is 5.10 Å². The highest BCUT2D eigenvalue weighted by molar-refractivity contribution is 5.56. The molecule has 96 valence electrons. The van der Waals surface area contributed by atoms with Crippen molar-refractivity contribution in [1.29, 1.82) is 0 Å². The summed E-state index contributed by atoms with van der Waals surface area (Å²) >= 11 is 0. The van der Waals surface area contributed by atoms with Crippen molar-refractivity contribution in [3.8, 4) is 11.4 Å². The van der Waals surface area contributed by atoms with Gasteiger partial charge in [-0.15, -0.1) is 0 Å². The van der Waals surface area contributed by atoms with E-state index in [0.717, 1.165) is 36.6 Å². The number of aromatic nitrogens is 4. The number of aryl methyl sites for hydroxylation is 1. The van der Waals surface area contributed by atoms with Crippen molar-refractivity contribution in [3.63, 3.8) is 0 Å². The van der Waals surface area contributed by atoms with Crippen molar-refractivity contribution in [2.24, 2.45) is 0 Å². The molecule has 0 spiro atoms. The summed E-state index contributed by atoms with van der Waals surface area (Å²) in [7, 11) is 3.96. The smallest absolute Gasteiger partial charge is 0.159 e. The van der Waals surface area contributed by atoms with Crippen LogP contribution in [0, 0.1) is 0 Å². The molecule has 0 fully saturated rings. The zero-order valence-electron chi connectivity index (χ0n) is 11.2. The largest absolute Gasteiger partial charge is 0.363 e. The van der Waals surface area contributed by atoms with Crippen molar-refractivity contribution >= 4 is 5.82 Å². The fourth-order valence-corrected chi connectivity index (χ4v) is 1.74. The quantitative estimate of drug-likeness (QED) is 0.810. The lowest BCUT2D eigenvalue weighted by atomic mass is 10.2. The normalized spacial score (nSPS) is 10.6. The van der Waals surface area contributed by atoms with E-state index in [1.807, 2.05) is 42.0 Å². The minimum atomic E-state index is 0.890. The van der Waals surface area contributed by atoms with E-state index in [0.29, 0.717) is 0 Å². The van der Waals surface area contributed by atoms with Crippen LogP contribution in [0.1, 0.15) is 19.8 Å². The van der Waals surface area contributed by atoms with E-state index >= 15 is 0 Å². The number of hydrogen-bond donors (Lipinski definition) is 0. The number of rotatable bonds is 5. The lowest BCUT2D eigenvalue weighted by Crippen LogP contribution is -2.10. The van der Waals surface area contributed by atoms with Gasteiger partial charge >= 0.3 is 0 Å². The molecule has 0 saturated carbocycles. The predicted molar refractivity (Wildman–Crippen MR) is 72.5 cm³/mol. The van der Waals surface area contributed by atoms with Crippen LogP contribution in [-0.4, -0.2) is 33.8 Å². The maximum absolute atomic E-state index is 4.40. The second-order valence-electron chi connectivity index (χ2n) is 4.46. The summed E-state index contributed by atoms with van der Waals surface area (Å²) in [5.41, 5.74) is 1.01. The molecule has 5 heteroatoms. The van der Waals surface area contributed by atoms with Crippen molar-refractivity contribution in [1.82, 2.24) is 19.7 Å². The van der Waals surface area contributed by atoms with Gasteiger partial charge in [0, 0.05) is 32.4 Å². The van der Waals surface area contributed by atoms with Crippen LogP contribution in [0.15, 0.2) is 24.7 Å². The Bertz CT molecular complexity index is 486. The molecule has 0 amide bonds. The second-order valence-corrected chi connectivity index (χ2v) is 4.46. The monoisotopic (exact) mass is 245 g/mol. The highest BCUT2D eigenvalue weighted by Gasteiger charge is 2.07. The highest BCUT2D eigenvalue weighted by atomic mass is 15.3. The van der Waals surface area contributed by atoms with Gasteiger partial charge in [0.1, 0.15) is 12.1 Å². The molecule has 0 unspecified atom stereocenters. The molecule has 2 aromatic rings. The van der Waals surface area contributed by atoms with Gasteiger partial charge in [-0.05, 0) is 18.6 Å². The van der Waals surface area contributed by atoms with Gasteiger partial charge in [-0.3, -0.25) is 0 Å². The third kappa shape index (κ3) is 2.67. The van der Waals surface area contributed by atoms with E-state index in [-0.39, 0.29) is 0 Å². The van der Waals surface area contributed by atoms with Crippen molar-refractivity contribution in [3.05, 3.63) is 24.7 Å². The van der Waals surface area contributed by atoms with E-state index in [1.54, 1.807) is 6.33 Å². The highest BCUT2D eigenvalue weighted by Crippen LogP contribution is 2.18. The molecule has 2 heterocycles. The van der Waals surface area contributed by atoms with Crippen molar-refractivity contribution < 1.29 is 0 Å². The van der Waals surface area contributed by atoms with Gasteiger partial charge in [0.2, 0.25) is 0 Å². The Morgan fingerprint density at radius 3 is 2.67 bits per heavy atom. The Balaban J connectivity index is 2.23. The summed E-state index contributed by atoms with van der Waals surface area (Å²) < 4.78 is 1.94. The summed E-state index contributed by atoms with van der Waals surface area (Å²) in [5, 5.41) is 4.25. The summed E-state index contributed by atoms with van der Waals surface area (Å²) in [6, 6.07) is 4.03. The first-order chi connectivity index (χ1) is 8.72. The lowest BCUT2D eigenvalue weighted by Gasteiger charge is -2.11. The Labute approximate surface area is 107 Å². The van der Waals surface area contributed by atoms with Crippen LogP contribution in [0.2, 0.25) is 0 Å². The predicted octanol–water partition coefficient (Wildman–Crippen LogP) is 2.21. The molecular weight excluding hydrogens is 226 g/mol. The Morgan fingerprint density at radius 1 is 1.22 bits per heavy atom. The molecule has 0 atom stereocenters. The molecule has 2 aromatic heterocycles. The molecule has 0 saturated heterocycles. The number of nitrogens with zero attached hydrogens (tertiary/aromatic N) is 5. The number of pyridine rings is 1. The molecule has 0 N–H and O–H groups in total. The summed E-state index contributed by atoms with van der Waals surface area (Å²) in [5.74, 6) is 1.83. The minimum Gasteiger partial charge on any atom is -0.363 e. The van der Waals surface area contributed by atoms with E-state index in [1.165, 1.54) is 0 Å². The third-order valence-electron chi connectivity index (χ3n) is 2.80. The zero-order valence-corrected chi connectivity index (χ0v) is 11.2. The van der Waals surface area contributed by atoms with Gasteiger partial charge in [0.15, 0.2) is 5.82 Å². The molecule has 0 aromatic carbocycles. The van der Waals surface area contributed by atoms with E-state index < -0.39 is 0 Å². The number of hydrogen-bond acceptors (Lipinski definition) is 4. The molecule has 2 rings (SSSR count). The topological polar surface area (TPSA) is 46.8 Å². The van der Waals surface area contributed by atoms with E-state index in [2.05, 4.69) is 22.0 Å². The summed E-state index contributed by atoms with van der Waals surface area (Å²) in [4.78, 5) is 10.7. The molecular formula is C13H19N5. The van der Waals surface area contributed by atoms with Gasteiger partial charge < -0.3 is 4.90 Å². The first-order valence-corrected chi connectivity index (χ1v) is 6.24. The second kappa shape index (κ2) is 5.62. The van der Waals surface area contributed by atoms with Gasteiger partial charge in [-0.1, -0.05) is 13.3 Å². The number of unbranched alkanes of at least 4 members (excludes halogenated alkanes) is 1. The molecule has 0 aliphatic rings. The fourth-order valence-electron chi connectivity index (χ4n) is 1.74. The van der Waals surface area contributed by atoms with Crippen molar-refractivity contribution in [2.45, 2.75) is 26.3 Å². The molecule has 0 radical (unpaired) electrons. The maximum Gasteiger partial charge on any atom is 0.159 e. The maximum atomic E-state index is 4.40. The first-order valence-electron chi connectivity index (χ1n) is 6.24. The number of anilines is 1. The Morgan fingerprint density at radius 2 is 2.06 bits per heavy atom. The Kier molecular flexibility index (Phi) is 3.92. The summed E-state index contributed by atoms with van der Waals surface area (Å²) in [6.07, 6.45) is 5.71. The fraction of sp³-hybridized carbons (Fsp3) is 0.462. The zero-order chi connectivity index (χ0) is 13.0. The van der Waals surface area contributed by atoms with Crippen LogP contribution in [0.4, 0.5) is 5.82 Å². The molecule has 5 nitrogen and oxygen atoms in total.